The molecule has 5 nitrogen and oxygen atoms in total. The standard InChI is InChI=1S/C15H11ClN4O/c16-10-4-2-5-11(17)14(10)20-15(21)9-3-1-6-12-13(9)19-8-7-18-12/h1-8H,17H2,(H,20,21). The number of nitrogens with one attached hydrogen (secondary N) is 1. The third-order valence-corrected chi connectivity index (χ3v) is 3.34. The Hall–Kier alpha value is -2.66. The molecule has 0 aliphatic heterocycles. The van der Waals surface area contributed by atoms with Gasteiger partial charge in [-0.1, -0.05) is 23.7 Å². The van der Waals surface area contributed by atoms with Crippen LogP contribution in [0.3, 0.4) is 0 Å². The molecule has 0 fully saturated rings. The number of benzene rings is 2. The Morgan fingerprint density at radius 3 is 2.67 bits per heavy atom. The van der Waals surface area contributed by atoms with E-state index in [9.17, 15) is 4.79 Å². The van der Waals surface area contributed by atoms with Gasteiger partial charge in [0, 0.05) is 12.4 Å². The van der Waals surface area contributed by atoms with Gasteiger partial charge in [0.2, 0.25) is 0 Å². The van der Waals surface area contributed by atoms with E-state index in [2.05, 4.69) is 15.3 Å². The maximum absolute atomic E-state index is 12.4. The van der Waals surface area contributed by atoms with Crippen LogP contribution < -0.4 is 11.1 Å². The maximum Gasteiger partial charge on any atom is 0.258 e. The zero-order chi connectivity index (χ0) is 14.8. The molecule has 0 saturated heterocycles. The van der Waals surface area contributed by atoms with Crippen LogP contribution in [0.1, 0.15) is 10.4 Å². The lowest BCUT2D eigenvalue weighted by Gasteiger charge is -2.10. The molecule has 1 heterocycles. The molecular weight excluding hydrogens is 288 g/mol. The number of hydrogen-bond donors (Lipinski definition) is 2. The van der Waals surface area contributed by atoms with Crippen molar-refractivity contribution in [1.82, 2.24) is 9.97 Å². The first-order valence-corrected chi connectivity index (χ1v) is 6.59. The number of para-hydroxylation sites is 2. The Balaban J connectivity index is 2.02. The number of amides is 1. The molecule has 0 unspecified atom stereocenters. The van der Waals surface area contributed by atoms with E-state index in [1.807, 2.05) is 0 Å². The largest absolute Gasteiger partial charge is 0.397 e. The van der Waals surface area contributed by atoms with Gasteiger partial charge in [-0.2, -0.15) is 0 Å². The molecule has 1 aromatic heterocycles. The summed E-state index contributed by atoms with van der Waals surface area (Å²) in [6.45, 7) is 0. The van der Waals surface area contributed by atoms with Gasteiger partial charge in [0.1, 0.15) is 5.52 Å². The van der Waals surface area contributed by atoms with E-state index in [4.69, 9.17) is 17.3 Å². The van der Waals surface area contributed by atoms with Crippen LogP contribution in [0.2, 0.25) is 5.02 Å². The molecule has 1 amide bonds. The summed E-state index contributed by atoms with van der Waals surface area (Å²) in [4.78, 5) is 20.8. The van der Waals surface area contributed by atoms with E-state index in [0.717, 1.165) is 0 Å². The van der Waals surface area contributed by atoms with Crippen molar-refractivity contribution in [1.29, 1.82) is 0 Å². The molecule has 21 heavy (non-hydrogen) atoms. The van der Waals surface area contributed by atoms with Crippen molar-refractivity contribution in [3.63, 3.8) is 0 Å². The van der Waals surface area contributed by atoms with E-state index in [0.29, 0.717) is 33.0 Å². The van der Waals surface area contributed by atoms with Gasteiger partial charge >= 0.3 is 0 Å². The molecule has 0 atom stereocenters. The molecule has 3 aromatic rings. The van der Waals surface area contributed by atoms with Crippen LogP contribution in [-0.2, 0) is 0 Å². The summed E-state index contributed by atoms with van der Waals surface area (Å²) in [5.74, 6) is -0.332. The minimum atomic E-state index is -0.332. The lowest BCUT2D eigenvalue weighted by atomic mass is 10.1. The van der Waals surface area contributed by atoms with Crippen LogP contribution in [0.4, 0.5) is 11.4 Å². The van der Waals surface area contributed by atoms with Gasteiger partial charge in [-0.3, -0.25) is 14.8 Å². The molecule has 3 N–H and O–H groups in total. The first kappa shape index (κ1) is 13.3. The van der Waals surface area contributed by atoms with Gasteiger partial charge in [-0.15, -0.1) is 0 Å². The van der Waals surface area contributed by atoms with Crippen molar-refractivity contribution in [2.75, 3.05) is 11.1 Å². The number of nitrogens with zero attached hydrogens (tertiary/aromatic N) is 2. The second kappa shape index (κ2) is 5.38. The van der Waals surface area contributed by atoms with Gasteiger partial charge in [0.15, 0.2) is 0 Å². The first-order valence-electron chi connectivity index (χ1n) is 6.22. The van der Waals surface area contributed by atoms with Crippen molar-refractivity contribution in [3.05, 3.63) is 59.4 Å². The number of halogens is 1. The summed E-state index contributed by atoms with van der Waals surface area (Å²) >= 11 is 6.06. The van der Waals surface area contributed by atoms with Crippen molar-refractivity contribution < 1.29 is 4.79 Å². The molecular formula is C15H11ClN4O. The van der Waals surface area contributed by atoms with Gasteiger partial charge in [-0.25, -0.2) is 0 Å². The highest BCUT2D eigenvalue weighted by molar-refractivity contribution is 6.34. The normalized spacial score (nSPS) is 10.5. The fourth-order valence-electron chi connectivity index (χ4n) is 2.03. The van der Waals surface area contributed by atoms with Gasteiger partial charge in [0.05, 0.1) is 27.5 Å². The van der Waals surface area contributed by atoms with Gasteiger partial charge in [0.25, 0.3) is 5.91 Å². The average Bonchev–Trinajstić information content (AvgIpc) is 2.50. The van der Waals surface area contributed by atoms with E-state index in [1.54, 1.807) is 48.8 Å². The van der Waals surface area contributed by atoms with E-state index in [1.165, 1.54) is 0 Å². The smallest absolute Gasteiger partial charge is 0.258 e. The summed E-state index contributed by atoms with van der Waals surface area (Å²) in [7, 11) is 0. The van der Waals surface area contributed by atoms with E-state index < -0.39 is 0 Å². The predicted octanol–water partition coefficient (Wildman–Crippen LogP) is 3.12. The van der Waals surface area contributed by atoms with Crippen LogP contribution in [-0.4, -0.2) is 15.9 Å². The topological polar surface area (TPSA) is 80.9 Å². The Kier molecular flexibility index (Phi) is 3.41. The number of rotatable bonds is 2. The van der Waals surface area contributed by atoms with Crippen LogP contribution in [0.5, 0.6) is 0 Å². The number of hydrogen-bond acceptors (Lipinski definition) is 4. The highest BCUT2D eigenvalue weighted by atomic mass is 35.5. The zero-order valence-corrected chi connectivity index (χ0v) is 11.6. The summed E-state index contributed by atoms with van der Waals surface area (Å²) in [6.07, 6.45) is 3.12. The fourth-order valence-corrected chi connectivity index (χ4v) is 2.26. The molecule has 0 saturated carbocycles. The maximum atomic E-state index is 12.4. The minimum Gasteiger partial charge on any atom is -0.397 e. The Morgan fingerprint density at radius 2 is 1.86 bits per heavy atom. The number of carbonyl (C=O) groups is 1. The van der Waals surface area contributed by atoms with Crippen molar-refractivity contribution in [2.45, 2.75) is 0 Å². The number of nitrogens with two attached hydrogens (primary N) is 1. The number of aromatic nitrogens is 2. The van der Waals surface area contributed by atoms with Crippen molar-refractivity contribution >= 4 is 39.9 Å². The zero-order valence-electron chi connectivity index (χ0n) is 10.9. The van der Waals surface area contributed by atoms with Crippen LogP contribution in [0.25, 0.3) is 11.0 Å². The SMILES string of the molecule is Nc1cccc(Cl)c1NC(=O)c1cccc2nccnc12. The third-order valence-electron chi connectivity index (χ3n) is 3.03. The van der Waals surface area contributed by atoms with Gasteiger partial charge in [-0.05, 0) is 24.3 Å². The highest BCUT2D eigenvalue weighted by Crippen LogP contribution is 2.28. The highest BCUT2D eigenvalue weighted by Gasteiger charge is 2.14. The van der Waals surface area contributed by atoms with E-state index >= 15 is 0 Å². The van der Waals surface area contributed by atoms with Crippen LogP contribution in [0.15, 0.2) is 48.8 Å². The fraction of sp³-hybridized carbons (Fsp3) is 0. The molecule has 104 valence electrons. The molecule has 0 spiro atoms. The monoisotopic (exact) mass is 298 g/mol. The Labute approximate surface area is 125 Å². The molecule has 2 aromatic carbocycles. The lowest BCUT2D eigenvalue weighted by Crippen LogP contribution is -2.14. The summed E-state index contributed by atoms with van der Waals surface area (Å²) in [6, 6.07) is 10.3. The van der Waals surface area contributed by atoms with Crippen molar-refractivity contribution in [3.8, 4) is 0 Å². The quantitative estimate of drug-likeness (QED) is 0.712. The third kappa shape index (κ3) is 2.51. The van der Waals surface area contributed by atoms with Gasteiger partial charge < -0.3 is 11.1 Å². The predicted molar refractivity (Wildman–Crippen MR) is 83.4 cm³/mol. The molecule has 0 aliphatic carbocycles. The second-order valence-corrected chi connectivity index (χ2v) is 4.80. The summed E-state index contributed by atoms with van der Waals surface area (Å²) < 4.78 is 0. The minimum absolute atomic E-state index is 0.332. The Bertz CT molecular complexity index is 809. The Morgan fingerprint density at radius 1 is 1.10 bits per heavy atom. The number of nitrogen functional groups attached to an aromatic ring is 1. The molecule has 3 rings (SSSR count). The number of carbonyl (C=O) groups excluding carboxylic acids is 1. The number of fused-ring (bicyclic) bond motifs is 1. The summed E-state index contributed by atoms with van der Waals surface area (Å²) in [5, 5.41) is 3.11. The molecule has 6 heteroatoms. The number of anilines is 2. The van der Waals surface area contributed by atoms with Crippen LogP contribution >= 0.6 is 11.6 Å². The summed E-state index contributed by atoms with van der Waals surface area (Å²) in [5.41, 5.74) is 8.23. The van der Waals surface area contributed by atoms with E-state index in [-0.39, 0.29) is 5.91 Å². The molecule has 0 aliphatic rings. The first-order chi connectivity index (χ1) is 10.2. The average molecular weight is 299 g/mol. The lowest BCUT2D eigenvalue weighted by molar-refractivity contribution is 0.102. The molecule has 0 bridgehead atoms. The van der Waals surface area contributed by atoms with Crippen molar-refractivity contribution in [2.24, 2.45) is 0 Å². The van der Waals surface area contributed by atoms with Crippen LogP contribution in [0, 0.1) is 0 Å². The molecule has 0 radical (unpaired) electrons. The second-order valence-electron chi connectivity index (χ2n) is 4.39.